The topological polar surface area (TPSA) is 46.6 Å². The summed E-state index contributed by atoms with van der Waals surface area (Å²) in [6.07, 6.45) is 3.55. The summed E-state index contributed by atoms with van der Waals surface area (Å²) in [6, 6.07) is 8.78. The highest BCUT2D eigenvalue weighted by Crippen LogP contribution is 2.18. The lowest BCUT2D eigenvalue weighted by Crippen LogP contribution is -2.41. The number of rotatable bonds is 2. The van der Waals surface area contributed by atoms with Crippen LogP contribution in [-0.4, -0.2) is 22.8 Å². The van der Waals surface area contributed by atoms with Crippen molar-refractivity contribution in [3.05, 3.63) is 42.6 Å². The van der Waals surface area contributed by atoms with Gasteiger partial charge in [0.25, 0.3) is 0 Å². The molecule has 1 aliphatic heterocycles. The summed E-state index contributed by atoms with van der Waals surface area (Å²) in [5.74, 6) is 0.549. The maximum absolute atomic E-state index is 12.0. The average molecular weight is 245 g/mol. The predicted molar refractivity (Wildman–Crippen MR) is 67.1 cm³/mol. The number of carbonyl (C=O) groups excluding carboxylic acids is 2. The van der Waals surface area contributed by atoms with Gasteiger partial charge in [-0.1, -0.05) is 25.1 Å². The highest BCUT2D eigenvalue weighted by atomic mass is 16.6. The van der Waals surface area contributed by atoms with Crippen LogP contribution in [0.25, 0.3) is 0 Å². The van der Waals surface area contributed by atoms with E-state index in [1.54, 1.807) is 24.3 Å². The molecule has 0 N–H and O–H groups in total. The summed E-state index contributed by atoms with van der Waals surface area (Å²) in [5, 5.41) is 0. The molecule has 94 valence electrons. The number of para-hydroxylation sites is 1. The van der Waals surface area contributed by atoms with Crippen LogP contribution in [-0.2, 0) is 4.79 Å². The van der Waals surface area contributed by atoms with E-state index in [2.05, 4.69) is 0 Å². The number of allylic oxidation sites excluding steroid dienone is 1. The summed E-state index contributed by atoms with van der Waals surface area (Å²) in [4.78, 5) is 24.8. The fourth-order valence-corrected chi connectivity index (χ4v) is 1.88. The molecule has 2 rings (SSSR count). The monoisotopic (exact) mass is 245 g/mol. The Kier molecular flexibility index (Phi) is 3.77. The Labute approximate surface area is 106 Å². The van der Waals surface area contributed by atoms with Gasteiger partial charge < -0.3 is 4.74 Å². The van der Waals surface area contributed by atoms with Crippen molar-refractivity contribution in [2.24, 2.45) is 0 Å². The summed E-state index contributed by atoms with van der Waals surface area (Å²) in [5.41, 5.74) is 0. The first-order chi connectivity index (χ1) is 8.70. The van der Waals surface area contributed by atoms with Crippen molar-refractivity contribution in [1.29, 1.82) is 0 Å². The maximum Gasteiger partial charge on any atom is 0.419 e. The van der Waals surface area contributed by atoms with Gasteiger partial charge in [0.15, 0.2) is 5.78 Å². The number of amides is 1. The molecule has 0 bridgehead atoms. The van der Waals surface area contributed by atoms with Gasteiger partial charge in [-0.25, -0.2) is 4.79 Å². The van der Waals surface area contributed by atoms with Crippen LogP contribution in [0.15, 0.2) is 42.6 Å². The van der Waals surface area contributed by atoms with Crippen molar-refractivity contribution >= 4 is 11.9 Å². The van der Waals surface area contributed by atoms with Gasteiger partial charge in [0, 0.05) is 18.7 Å². The van der Waals surface area contributed by atoms with E-state index < -0.39 is 6.09 Å². The smallest absolute Gasteiger partial charge is 0.410 e. The molecule has 0 fully saturated rings. The van der Waals surface area contributed by atoms with Crippen molar-refractivity contribution in [3.8, 4) is 5.75 Å². The van der Waals surface area contributed by atoms with Crippen LogP contribution in [0.5, 0.6) is 5.75 Å². The van der Waals surface area contributed by atoms with Crippen LogP contribution in [0.1, 0.15) is 19.8 Å². The van der Waals surface area contributed by atoms with Crippen molar-refractivity contribution in [3.63, 3.8) is 0 Å². The number of carbonyl (C=O) groups is 2. The first kappa shape index (κ1) is 12.4. The Morgan fingerprint density at radius 3 is 2.78 bits per heavy atom. The molecule has 0 saturated heterocycles. The molecule has 1 atom stereocenters. The lowest BCUT2D eigenvalue weighted by Gasteiger charge is -2.29. The van der Waals surface area contributed by atoms with E-state index in [-0.39, 0.29) is 11.8 Å². The molecule has 0 aromatic heterocycles. The molecule has 4 nitrogen and oxygen atoms in total. The first-order valence-electron chi connectivity index (χ1n) is 5.97. The third kappa shape index (κ3) is 2.77. The molecule has 4 heteroatoms. The van der Waals surface area contributed by atoms with E-state index >= 15 is 0 Å². The van der Waals surface area contributed by atoms with Gasteiger partial charge in [-0.05, 0) is 24.6 Å². The van der Waals surface area contributed by atoms with Gasteiger partial charge >= 0.3 is 6.09 Å². The molecule has 1 aromatic rings. The van der Waals surface area contributed by atoms with E-state index in [0.717, 1.165) is 6.42 Å². The second kappa shape index (κ2) is 5.49. The van der Waals surface area contributed by atoms with Crippen LogP contribution < -0.4 is 4.74 Å². The van der Waals surface area contributed by atoms with Gasteiger partial charge in [-0.2, -0.15) is 0 Å². The third-order valence-corrected chi connectivity index (χ3v) is 2.88. The highest BCUT2D eigenvalue weighted by Gasteiger charge is 2.27. The van der Waals surface area contributed by atoms with E-state index in [9.17, 15) is 9.59 Å². The molecule has 1 aromatic carbocycles. The van der Waals surface area contributed by atoms with E-state index in [1.165, 1.54) is 17.2 Å². The molecule has 1 aliphatic rings. The summed E-state index contributed by atoms with van der Waals surface area (Å²) in [6.45, 7) is 1.94. The third-order valence-electron chi connectivity index (χ3n) is 2.88. The Morgan fingerprint density at radius 1 is 1.39 bits per heavy atom. The van der Waals surface area contributed by atoms with Crippen molar-refractivity contribution in [2.45, 2.75) is 25.8 Å². The molecule has 0 radical (unpaired) electrons. The quantitative estimate of drug-likeness (QED) is 0.804. The first-order valence-corrected chi connectivity index (χ1v) is 5.97. The molecule has 1 amide bonds. The van der Waals surface area contributed by atoms with Crippen LogP contribution >= 0.6 is 0 Å². The number of benzene rings is 1. The Morgan fingerprint density at radius 2 is 2.11 bits per heavy atom. The second-order valence-corrected chi connectivity index (χ2v) is 4.14. The normalized spacial score (nSPS) is 18.8. The predicted octanol–water partition coefficient (Wildman–Crippen LogP) is 2.75. The summed E-state index contributed by atoms with van der Waals surface area (Å²) in [7, 11) is 0. The minimum atomic E-state index is -0.447. The minimum Gasteiger partial charge on any atom is -0.410 e. The molecule has 0 saturated carbocycles. The zero-order chi connectivity index (χ0) is 13.0. The second-order valence-electron chi connectivity index (χ2n) is 4.14. The minimum absolute atomic E-state index is 0.0469. The highest BCUT2D eigenvalue weighted by molar-refractivity contribution is 5.92. The zero-order valence-corrected chi connectivity index (χ0v) is 10.2. The number of ether oxygens (including phenoxy) is 1. The van der Waals surface area contributed by atoms with Crippen molar-refractivity contribution < 1.29 is 14.3 Å². The van der Waals surface area contributed by atoms with Crippen molar-refractivity contribution in [1.82, 2.24) is 4.90 Å². The fraction of sp³-hybridized carbons (Fsp3) is 0.286. The van der Waals surface area contributed by atoms with Crippen LogP contribution in [0.2, 0.25) is 0 Å². The molecule has 1 heterocycles. The largest absolute Gasteiger partial charge is 0.419 e. The number of hydrogen-bond donors (Lipinski definition) is 0. The number of nitrogens with zero attached hydrogens (tertiary/aromatic N) is 1. The number of ketones is 1. The van der Waals surface area contributed by atoms with Crippen molar-refractivity contribution in [2.75, 3.05) is 0 Å². The Bertz CT molecular complexity index is 467. The van der Waals surface area contributed by atoms with Crippen LogP contribution in [0, 0.1) is 0 Å². The molecular formula is C14H15NO3. The van der Waals surface area contributed by atoms with Crippen LogP contribution in [0.4, 0.5) is 4.79 Å². The van der Waals surface area contributed by atoms with Gasteiger partial charge in [0.1, 0.15) is 5.75 Å². The van der Waals surface area contributed by atoms with E-state index in [1.807, 2.05) is 13.0 Å². The van der Waals surface area contributed by atoms with Crippen LogP contribution in [0.3, 0.4) is 0 Å². The fourth-order valence-electron chi connectivity index (χ4n) is 1.88. The summed E-state index contributed by atoms with van der Waals surface area (Å²) >= 11 is 0. The maximum atomic E-state index is 12.0. The van der Waals surface area contributed by atoms with Gasteiger partial charge in [-0.3, -0.25) is 9.69 Å². The van der Waals surface area contributed by atoms with Gasteiger partial charge in [0.05, 0.1) is 0 Å². The average Bonchev–Trinajstić information content (AvgIpc) is 2.39. The Hall–Kier alpha value is -2.10. The Balaban J connectivity index is 2.08. The lowest BCUT2D eigenvalue weighted by atomic mass is 10.0. The summed E-state index contributed by atoms with van der Waals surface area (Å²) < 4.78 is 5.25. The van der Waals surface area contributed by atoms with Gasteiger partial charge in [-0.15, -0.1) is 0 Å². The molecular weight excluding hydrogens is 230 g/mol. The molecule has 0 unspecified atom stereocenters. The number of hydrogen-bond acceptors (Lipinski definition) is 3. The van der Waals surface area contributed by atoms with E-state index in [0.29, 0.717) is 12.2 Å². The molecule has 0 spiro atoms. The molecule has 0 aliphatic carbocycles. The van der Waals surface area contributed by atoms with E-state index in [4.69, 9.17) is 4.74 Å². The van der Waals surface area contributed by atoms with Gasteiger partial charge in [0.2, 0.25) is 0 Å². The standard InChI is InChI=1S/C14H15NO3/c1-2-11-10-12(16)8-9-15(11)14(17)18-13-6-4-3-5-7-13/h3-9,11H,2,10H2,1H3/t11-/m1/s1. The molecule has 18 heavy (non-hydrogen) atoms. The zero-order valence-electron chi connectivity index (χ0n) is 10.2. The lowest BCUT2D eigenvalue weighted by molar-refractivity contribution is -0.116. The SMILES string of the molecule is CC[C@@H]1CC(=O)C=CN1C(=O)Oc1ccccc1.